The zero-order chi connectivity index (χ0) is 16.8. The van der Waals surface area contributed by atoms with E-state index in [0.29, 0.717) is 12.1 Å². The van der Waals surface area contributed by atoms with Gasteiger partial charge in [-0.25, -0.2) is 9.67 Å². The van der Waals surface area contributed by atoms with E-state index in [9.17, 15) is 4.79 Å². The van der Waals surface area contributed by atoms with Crippen molar-refractivity contribution in [2.45, 2.75) is 26.8 Å². The molecule has 0 atom stereocenters. The average Bonchev–Trinajstić information content (AvgIpc) is 3.08. The molecule has 4 rings (SSSR count). The van der Waals surface area contributed by atoms with Crippen molar-refractivity contribution in [3.05, 3.63) is 57.0 Å². The lowest BCUT2D eigenvalue weighted by Gasteiger charge is -2.06. The van der Waals surface area contributed by atoms with E-state index in [-0.39, 0.29) is 5.56 Å². The standard InChI is InChI=1S/C18H18N4OS/c1-4-12-5-7-13(8-6-12)10-22-18(23)15-14(9-19-22)16-17(21(15)3)20-11(2)24-16/h5-9H,4,10H2,1-3H3. The van der Waals surface area contributed by atoms with Crippen molar-refractivity contribution in [3.8, 4) is 0 Å². The minimum Gasteiger partial charge on any atom is -0.323 e. The number of rotatable bonds is 3. The predicted octanol–water partition coefficient (Wildman–Crippen LogP) is 3.26. The van der Waals surface area contributed by atoms with Gasteiger partial charge in [0.15, 0.2) is 5.65 Å². The van der Waals surface area contributed by atoms with Gasteiger partial charge in [-0.3, -0.25) is 4.79 Å². The largest absolute Gasteiger partial charge is 0.323 e. The van der Waals surface area contributed by atoms with Crippen LogP contribution in [0.5, 0.6) is 0 Å². The van der Waals surface area contributed by atoms with Gasteiger partial charge in [-0.2, -0.15) is 5.10 Å². The smallest absolute Gasteiger partial charge is 0.291 e. The van der Waals surface area contributed by atoms with E-state index >= 15 is 0 Å². The van der Waals surface area contributed by atoms with E-state index in [2.05, 4.69) is 41.3 Å². The normalized spacial score (nSPS) is 11.6. The summed E-state index contributed by atoms with van der Waals surface area (Å²) in [6.07, 6.45) is 2.80. The Kier molecular flexibility index (Phi) is 3.49. The number of thiazole rings is 1. The molecule has 0 spiro atoms. The molecule has 0 fully saturated rings. The van der Waals surface area contributed by atoms with Crippen molar-refractivity contribution >= 4 is 32.6 Å². The molecular formula is C18H18N4OS. The second-order valence-electron chi connectivity index (χ2n) is 5.98. The van der Waals surface area contributed by atoms with Crippen LogP contribution in [0.15, 0.2) is 35.3 Å². The van der Waals surface area contributed by atoms with Crippen molar-refractivity contribution in [1.82, 2.24) is 19.3 Å². The van der Waals surface area contributed by atoms with Gasteiger partial charge in [0.25, 0.3) is 5.56 Å². The molecule has 0 aliphatic rings. The number of aromatic nitrogens is 4. The fourth-order valence-corrected chi connectivity index (χ4v) is 4.02. The third kappa shape index (κ3) is 2.26. The summed E-state index contributed by atoms with van der Waals surface area (Å²) >= 11 is 1.60. The van der Waals surface area contributed by atoms with Gasteiger partial charge in [0, 0.05) is 12.4 Å². The Labute approximate surface area is 143 Å². The molecule has 3 aromatic heterocycles. The van der Waals surface area contributed by atoms with Gasteiger partial charge in [0.1, 0.15) is 5.52 Å². The van der Waals surface area contributed by atoms with Crippen LogP contribution in [-0.2, 0) is 20.0 Å². The molecule has 122 valence electrons. The highest BCUT2D eigenvalue weighted by molar-refractivity contribution is 7.19. The molecule has 0 aliphatic heterocycles. The lowest BCUT2D eigenvalue weighted by Crippen LogP contribution is -2.24. The minimum absolute atomic E-state index is 0.0718. The van der Waals surface area contributed by atoms with Gasteiger partial charge in [-0.05, 0) is 24.5 Å². The van der Waals surface area contributed by atoms with Crippen LogP contribution in [0.1, 0.15) is 23.1 Å². The summed E-state index contributed by atoms with van der Waals surface area (Å²) in [5.74, 6) is 0. The highest BCUT2D eigenvalue weighted by Crippen LogP contribution is 2.30. The first-order valence-electron chi connectivity index (χ1n) is 7.98. The molecule has 5 nitrogen and oxygen atoms in total. The molecular weight excluding hydrogens is 320 g/mol. The predicted molar refractivity (Wildman–Crippen MR) is 97.8 cm³/mol. The quantitative estimate of drug-likeness (QED) is 0.576. The fourth-order valence-electron chi connectivity index (χ4n) is 3.06. The highest BCUT2D eigenvalue weighted by atomic mass is 32.1. The van der Waals surface area contributed by atoms with Gasteiger partial charge >= 0.3 is 0 Å². The fraction of sp³-hybridized carbons (Fsp3) is 0.278. The monoisotopic (exact) mass is 338 g/mol. The summed E-state index contributed by atoms with van der Waals surface area (Å²) in [5, 5.41) is 6.27. The van der Waals surface area contributed by atoms with Crippen LogP contribution < -0.4 is 5.56 Å². The molecule has 0 N–H and O–H groups in total. The number of nitrogens with zero attached hydrogens (tertiary/aromatic N) is 4. The summed E-state index contributed by atoms with van der Waals surface area (Å²) in [6, 6.07) is 8.32. The van der Waals surface area contributed by atoms with Crippen molar-refractivity contribution in [1.29, 1.82) is 0 Å². The Morgan fingerprint density at radius 2 is 1.88 bits per heavy atom. The molecule has 0 radical (unpaired) electrons. The van der Waals surface area contributed by atoms with E-state index in [1.807, 2.05) is 18.5 Å². The number of hydrogen-bond acceptors (Lipinski definition) is 4. The topological polar surface area (TPSA) is 52.7 Å². The van der Waals surface area contributed by atoms with Crippen LogP contribution in [0.2, 0.25) is 0 Å². The highest BCUT2D eigenvalue weighted by Gasteiger charge is 2.17. The molecule has 4 aromatic rings. The maximum Gasteiger partial charge on any atom is 0.291 e. The first-order valence-corrected chi connectivity index (χ1v) is 8.79. The van der Waals surface area contributed by atoms with Crippen LogP contribution in [-0.4, -0.2) is 19.3 Å². The number of hydrogen-bond donors (Lipinski definition) is 0. The Balaban J connectivity index is 1.83. The zero-order valence-corrected chi connectivity index (χ0v) is 14.7. The number of fused-ring (bicyclic) bond motifs is 3. The average molecular weight is 338 g/mol. The van der Waals surface area contributed by atoms with Gasteiger partial charge in [-0.1, -0.05) is 31.2 Å². The molecule has 0 saturated carbocycles. The third-order valence-corrected chi connectivity index (χ3v) is 5.39. The Bertz CT molecular complexity index is 1100. The molecule has 3 heterocycles. The van der Waals surface area contributed by atoms with Crippen LogP contribution >= 0.6 is 11.3 Å². The van der Waals surface area contributed by atoms with E-state index in [4.69, 9.17) is 0 Å². The van der Waals surface area contributed by atoms with E-state index in [0.717, 1.165) is 32.7 Å². The SMILES string of the molecule is CCc1ccc(Cn2ncc3c4sc(C)nc4n(C)c3c2=O)cc1. The molecule has 6 heteroatoms. The zero-order valence-electron chi connectivity index (χ0n) is 13.9. The van der Waals surface area contributed by atoms with Crippen LogP contribution in [0.25, 0.3) is 21.3 Å². The summed E-state index contributed by atoms with van der Waals surface area (Å²) in [5.41, 5.74) is 3.82. The maximum atomic E-state index is 12.9. The summed E-state index contributed by atoms with van der Waals surface area (Å²) in [6.45, 7) is 4.58. The van der Waals surface area contributed by atoms with Gasteiger partial charge in [0.2, 0.25) is 0 Å². The van der Waals surface area contributed by atoms with Crippen molar-refractivity contribution in [2.75, 3.05) is 0 Å². The Hall–Kier alpha value is -2.47. The molecule has 0 unspecified atom stereocenters. The number of aryl methyl sites for hydroxylation is 3. The molecule has 24 heavy (non-hydrogen) atoms. The molecule has 0 bridgehead atoms. The first-order chi connectivity index (χ1) is 11.6. The van der Waals surface area contributed by atoms with Crippen LogP contribution in [0, 0.1) is 6.92 Å². The lowest BCUT2D eigenvalue weighted by atomic mass is 10.1. The molecule has 0 aliphatic carbocycles. The molecule has 1 aromatic carbocycles. The first kappa shape index (κ1) is 15.1. The summed E-state index contributed by atoms with van der Waals surface area (Å²) in [4.78, 5) is 17.4. The second-order valence-corrected chi connectivity index (χ2v) is 7.19. The molecule has 0 saturated heterocycles. The van der Waals surface area contributed by atoms with Gasteiger partial charge < -0.3 is 4.57 Å². The third-order valence-electron chi connectivity index (χ3n) is 4.40. The minimum atomic E-state index is -0.0718. The van der Waals surface area contributed by atoms with E-state index < -0.39 is 0 Å². The van der Waals surface area contributed by atoms with Crippen molar-refractivity contribution in [3.63, 3.8) is 0 Å². The van der Waals surface area contributed by atoms with E-state index in [1.165, 1.54) is 10.2 Å². The molecule has 0 amide bonds. The summed E-state index contributed by atoms with van der Waals surface area (Å²) in [7, 11) is 1.89. The van der Waals surface area contributed by atoms with Crippen LogP contribution in [0.4, 0.5) is 0 Å². The van der Waals surface area contributed by atoms with E-state index in [1.54, 1.807) is 17.5 Å². The van der Waals surface area contributed by atoms with Gasteiger partial charge in [-0.15, -0.1) is 11.3 Å². The lowest BCUT2D eigenvalue weighted by molar-refractivity contribution is 0.644. The second kappa shape index (κ2) is 5.56. The van der Waals surface area contributed by atoms with Crippen LogP contribution in [0.3, 0.4) is 0 Å². The summed E-state index contributed by atoms with van der Waals surface area (Å²) < 4.78 is 4.45. The van der Waals surface area contributed by atoms with Crippen molar-refractivity contribution in [2.24, 2.45) is 7.05 Å². The Morgan fingerprint density at radius 3 is 2.58 bits per heavy atom. The van der Waals surface area contributed by atoms with Crippen molar-refractivity contribution < 1.29 is 0 Å². The number of benzene rings is 1. The Morgan fingerprint density at radius 1 is 1.17 bits per heavy atom. The van der Waals surface area contributed by atoms with Gasteiger partial charge in [0.05, 0.1) is 22.4 Å². The maximum absolute atomic E-state index is 12.9.